The highest BCUT2D eigenvalue weighted by molar-refractivity contribution is 5.75. The molecule has 0 saturated heterocycles. The molecule has 2 aliphatic rings. The third-order valence-electron chi connectivity index (χ3n) is 7.29. The molecule has 0 N–H and O–H groups in total. The molecule has 0 spiro atoms. The zero-order valence-corrected chi connectivity index (χ0v) is 17.9. The summed E-state index contributed by atoms with van der Waals surface area (Å²) < 4.78 is 5.72. The van der Waals surface area contributed by atoms with Crippen molar-refractivity contribution in [3.63, 3.8) is 0 Å². The minimum absolute atomic E-state index is 0.0381. The summed E-state index contributed by atoms with van der Waals surface area (Å²) >= 11 is 0. The van der Waals surface area contributed by atoms with Crippen molar-refractivity contribution in [3.05, 3.63) is 54.1 Å². The highest BCUT2D eigenvalue weighted by Gasteiger charge is 2.33. The Hall–Kier alpha value is -2.09. The highest BCUT2D eigenvalue weighted by atomic mass is 16.5. The maximum atomic E-state index is 12.7. The zero-order chi connectivity index (χ0) is 20.2. The van der Waals surface area contributed by atoms with Crippen LogP contribution in [0.4, 0.5) is 0 Å². The molecule has 2 nitrogen and oxygen atoms in total. The Morgan fingerprint density at radius 1 is 0.724 bits per heavy atom. The van der Waals surface area contributed by atoms with Crippen LogP contribution < -0.4 is 4.74 Å². The van der Waals surface area contributed by atoms with Crippen LogP contribution >= 0.6 is 0 Å². The number of carbonyl (C=O) groups excluding carboxylic acids is 1. The van der Waals surface area contributed by atoms with Gasteiger partial charge in [0.25, 0.3) is 0 Å². The van der Waals surface area contributed by atoms with Crippen LogP contribution in [0.2, 0.25) is 0 Å². The first-order chi connectivity index (χ1) is 14.1. The van der Waals surface area contributed by atoms with Gasteiger partial charge in [-0.05, 0) is 86.5 Å². The molecular formula is C27H34O2. The first-order valence-electron chi connectivity index (χ1n) is 11.5. The quantitative estimate of drug-likeness (QED) is 0.407. The maximum Gasteiger partial charge on any atom is 0.314 e. The second-order valence-electron chi connectivity index (χ2n) is 9.44. The normalized spacial score (nSPS) is 27.4. The van der Waals surface area contributed by atoms with Gasteiger partial charge in [-0.15, -0.1) is 0 Å². The fraction of sp³-hybridized carbons (Fsp3) is 0.519. The predicted molar refractivity (Wildman–Crippen MR) is 119 cm³/mol. The number of hydrogen-bond donors (Lipinski definition) is 0. The van der Waals surface area contributed by atoms with Crippen molar-refractivity contribution in [2.75, 3.05) is 0 Å². The summed E-state index contributed by atoms with van der Waals surface area (Å²) in [4.78, 5) is 12.7. The number of ether oxygens (including phenoxy) is 1. The van der Waals surface area contributed by atoms with Crippen LogP contribution in [-0.2, 0) is 4.79 Å². The van der Waals surface area contributed by atoms with E-state index in [1.54, 1.807) is 0 Å². The average Bonchev–Trinajstić information content (AvgIpc) is 2.76. The molecule has 2 aromatic rings. The number of aryl methyl sites for hydroxylation is 1. The van der Waals surface area contributed by atoms with Crippen LogP contribution in [0.1, 0.15) is 63.9 Å². The highest BCUT2D eigenvalue weighted by Crippen LogP contribution is 2.41. The Labute approximate surface area is 175 Å². The lowest BCUT2D eigenvalue weighted by Gasteiger charge is -2.36. The smallest absolute Gasteiger partial charge is 0.314 e. The van der Waals surface area contributed by atoms with Crippen LogP contribution in [0.25, 0.3) is 11.1 Å². The summed E-state index contributed by atoms with van der Waals surface area (Å²) in [6.07, 6.45) is 9.98. The molecule has 0 amide bonds. The second kappa shape index (κ2) is 9.15. The first-order valence-corrected chi connectivity index (χ1v) is 11.5. The van der Waals surface area contributed by atoms with Gasteiger partial charge in [0.1, 0.15) is 5.75 Å². The summed E-state index contributed by atoms with van der Waals surface area (Å²) in [7, 11) is 0. The molecule has 4 rings (SSSR count). The summed E-state index contributed by atoms with van der Waals surface area (Å²) in [6, 6.07) is 16.4. The third-order valence-corrected chi connectivity index (χ3v) is 7.29. The van der Waals surface area contributed by atoms with E-state index in [1.807, 2.05) is 24.3 Å². The molecule has 0 aromatic heterocycles. The van der Waals surface area contributed by atoms with E-state index in [9.17, 15) is 4.79 Å². The summed E-state index contributed by atoms with van der Waals surface area (Å²) in [5.74, 6) is 3.34. The van der Waals surface area contributed by atoms with E-state index in [0.29, 0.717) is 5.75 Å². The van der Waals surface area contributed by atoms with Crippen molar-refractivity contribution in [2.24, 2.45) is 23.7 Å². The maximum absolute atomic E-state index is 12.7. The van der Waals surface area contributed by atoms with Gasteiger partial charge < -0.3 is 4.74 Å². The molecule has 0 radical (unpaired) electrons. The fourth-order valence-corrected chi connectivity index (χ4v) is 5.24. The monoisotopic (exact) mass is 390 g/mol. The second-order valence-corrected chi connectivity index (χ2v) is 9.44. The molecule has 0 aliphatic heterocycles. The molecular weight excluding hydrogens is 356 g/mol. The third kappa shape index (κ3) is 5.10. The molecule has 2 heteroatoms. The van der Waals surface area contributed by atoms with Crippen LogP contribution in [0.15, 0.2) is 48.5 Å². The molecule has 2 fully saturated rings. The lowest BCUT2D eigenvalue weighted by Crippen LogP contribution is -2.29. The van der Waals surface area contributed by atoms with E-state index in [0.717, 1.165) is 36.2 Å². The van der Waals surface area contributed by atoms with E-state index < -0.39 is 0 Å². The molecule has 0 atom stereocenters. The first kappa shape index (κ1) is 20.2. The Bertz CT molecular complexity index is 789. The van der Waals surface area contributed by atoms with Crippen LogP contribution in [-0.4, -0.2) is 5.97 Å². The van der Waals surface area contributed by atoms with Crippen molar-refractivity contribution >= 4 is 5.97 Å². The van der Waals surface area contributed by atoms with Crippen LogP contribution in [0.3, 0.4) is 0 Å². The van der Waals surface area contributed by atoms with Gasteiger partial charge in [-0.25, -0.2) is 0 Å². The number of benzene rings is 2. The molecule has 154 valence electrons. The Morgan fingerprint density at radius 3 is 1.76 bits per heavy atom. The van der Waals surface area contributed by atoms with Crippen molar-refractivity contribution in [3.8, 4) is 16.9 Å². The van der Waals surface area contributed by atoms with Crippen molar-refractivity contribution in [1.82, 2.24) is 0 Å². The van der Waals surface area contributed by atoms with Gasteiger partial charge in [0.05, 0.1) is 5.92 Å². The fourth-order valence-electron chi connectivity index (χ4n) is 5.24. The zero-order valence-electron chi connectivity index (χ0n) is 17.9. The van der Waals surface area contributed by atoms with E-state index >= 15 is 0 Å². The van der Waals surface area contributed by atoms with Gasteiger partial charge in [0.2, 0.25) is 0 Å². The lowest BCUT2D eigenvalue weighted by atomic mass is 9.69. The lowest BCUT2D eigenvalue weighted by molar-refractivity contribution is -0.140. The molecule has 2 aliphatic carbocycles. The molecule has 2 aromatic carbocycles. The van der Waals surface area contributed by atoms with Crippen LogP contribution in [0, 0.1) is 30.6 Å². The number of carbonyl (C=O) groups is 1. The minimum Gasteiger partial charge on any atom is -0.426 e. The van der Waals surface area contributed by atoms with E-state index in [4.69, 9.17) is 4.74 Å². The summed E-state index contributed by atoms with van der Waals surface area (Å²) in [6.45, 7) is 4.48. The molecule has 29 heavy (non-hydrogen) atoms. The summed E-state index contributed by atoms with van der Waals surface area (Å²) in [5, 5.41) is 0. The number of rotatable bonds is 4. The number of esters is 1. The molecule has 0 bridgehead atoms. The van der Waals surface area contributed by atoms with Crippen molar-refractivity contribution < 1.29 is 9.53 Å². The minimum atomic E-state index is -0.0381. The SMILES string of the molecule is Cc1ccc(-c2ccc(OC(=O)C3CCC(C4CCC(C)CC4)CC3)cc2)cc1. The van der Waals surface area contributed by atoms with Gasteiger partial charge in [-0.1, -0.05) is 61.7 Å². The van der Waals surface area contributed by atoms with Crippen LogP contribution in [0.5, 0.6) is 5.75 Å². The van der Waals surface area contributed by atoms with Crippen molar-refractivity contribution in [1.29, 1.82) is 0 Å². The van der Waals surface area contributed by atoms with Gasteiger partial charge in [-0.2, -0.15) is 0 Å². The average molecular weight is 391 g/mol. The largest absolute Gasteiger partial charge is 0.426 e. The van der Waals surface area contributed by atoms with Gasteiger partial charge in [-0.3, -0.25) is 4.79 Å². The van der Waals surface area contributed by atoms with E-state index in [2.05, 4.69) is 38.1 Å². The van der Waals surface area contributed by atoms with Gasteiger partial charge in [0.15, 0.2) is 0 Å². The van der Waals surface area contributed by atoms with Crippen molar-refractivity contribution in [2.45, 2.75) is 65.2 Å². The standard InChI is InChI=1S/C27H34O2/c1-19-3-7-21(8-4-19)23-11-13-25(14-12-23)27(28)29-26-17-15-24(16-18-26)22-9-5-20(2)6-10-22/h5-6,9-10,15-19,21,23,25H,3-4,7-8,11-14H2,1-2H3. The Morgan fingerprint density at radius 2 is 1.21 bits per heavy atom. The van der Waals surface area contributed by atoms with Gasteiger partial charge in [0, 0.05) is 0 Å². The summed E-state index contributed by atoms with van der Waals surface area (Å²) in [5.41, 5.74) is 3.59. The predicted octanol–water partition coefficient (Wildman–Crippen LogP) is 7.20. The Kier molecular flexibility index (Phi) is 6.37. The van der Waals surface area contributed by atoms with E-state index in [1.165, 1.54) is 49.7 Å². The molecule has 0 heterocycles. The number of hydrogen-bond acceptors (Lipinski definition) is 2. The molecule has 0 unspecified atom stereocenters. The molecule has 2 saturated carbocycles. The van der Waals surface area contributed by atoms with Gasteiger partial charge >= 0.3 is 5.97 Å². The van der Waals surface area contributed by atoms with E-state index in [-0.39, 0.29) is 11.9 Å². The Balaban J connectivity index is 1.28. The topological polar surface area (TPSA) is 26.3 Å².